The van der Waals surface area contributed by atoms with Crippen molar-refractivity contribution in [1.82, 2.24) is 9.55 Å². The van der Waals surface area contributed by atoms with Crippen molar-refractivity contribution in [3.05, 3.63) is 54.1 Å². The van der Waals surface area contributed by atoms with Gasteiger partial charge in [0.15, 0.2) is 0 Å². The maximum absolute atomic E-state index is 6.36. The van der Waals surface area contributed by atoms with Crippen molar-refractivity contribution >= 4 is 11.6 Å². The first kappa shape index (κ1) is 12.2. The number of imidazole rings is 1. The Balaban J connectivity index is 1.81. The smallest absolute Gasteiger partial charge is 0.108 e. The van der Waals surface area contributed by atoms with Gasteiger partial charge in [-0.05, 0) is 18.4 Å². The van der Waals surface area contributed by atoms with E-state index in [0.717, 1.165) is 25.1 Å². The fourth-order valence-electron chi connectivity index (χ4n) is 1.91. The van der Waals surface area contributed by atoms with Crippen LogP contribution in [0.3, 0.4) is 0 Å². The predicted molar refractivity (Wildman–Crippen MR) is 71.2 cm³/mol. The molecule has 1 atom stereocenters. The molecule has 0 radical (unpaired) electrons. The number of aromatic nitrogens is 2. The summed E-state index contributed by atoms with van der Waals surface area (Å²) in [4.78, 5) is 4.31. The largest absolute Gasteiger partial charge is 0.338 e. The average Bonchev–Trinajstić information content (AvgIpc) is 2.76. The molecule has 1 aromatic carbocycles. The Hall–Kier alpha value is -1.28. The second-order valence-electron chi connectivity index (χ2n) is 4.22. The van der Waals surface area contributed by atoms with Crippen LogP contribution in [0, 0.1) is 0 Å². The van der Waals surface area contributed by atoms with E-state index in [-0.39, 0.29) is 5.38 Å². The van der Waals surface area contributed by atoms with E-state index in [1.165, 1.54) is 5.56 Å². The van der Waals surface area contributed by atoms with E-state index in [1.807, 2.05) is 37.6 Å². The van der Waals surface area contributed by atoms with Crippen molar-refractivity contribution in [2.75, 3.05) is 0 Å². The normalized spacial score (nSPS) is 12.6. The van der Waals surface area contributed by atoms with Crippen LogP contribution in [0.4, 0.5) is 0 Å². The maximum atomic E-state index is 6.36. The van der Waals surface area contributed by atoms with E-state index in [0.29, 0.717) is 0 Å². The molecule has 1 aromatic heterocycles. The van der Waals surface area contributed by atoms with E-state index in [2.05, 4.69) is 21.7 Å². The second kappa shape index (κ2) is 5.87. The van der Waals surface area contributed by atoms with Gasteiger partial charge < -0.3 is 4.57 Å². The number of hydrogen-bond donors (Lipinski definition) is 0. The van der Waals surface area contributed by atoms with Crippen molar-refractivity contribution in [3.63, 3.8) is 0 Å². The highest BCUT2D eigenvalue weighted by atomic mass is 35.5. The molecule has 0 saturated carbocycles. The minimum Gasteiger partial charge on any atom is -0.338 e. The summed E-state index contributed by atoms with van der Waals surface area (Å²) in [5.41, 5.74) is 1.20. The van der Waals surface area contributed by atoms with Crippen molar-refractivity contribution in [2.24, 2.45) is 7.05 Å². The van der Waals surface area contributed by atoms with Crippen LogP contribution in [0.1, 0.15) is 29.6 Å². The molecule has 0 fully saturated rings. The van der Waals surface area contributed by atoms with Gasteiger partial charge in [-0.3, -0.25) is 0 Å². The number of alkyl halides is 1. The standard InChI is InChI=1S/C14H17ClN2/c1-17-11-10-16-14(17)9-5-8-13(15)12-6-3-2-4-7-12/h2-4,6-7,10-11,13H,5,8-9H2,1H3. The quantitative estimate of drug-likeness (QED) is 0.738. The number of nitrogens with zero attached hydrogens (tertiary/aromatic N) is 2. The van der Waals surface area contributed by atoms with Gasteiger partial charge in [0.05, 0.1) is 5.38 Å². The number of aryl methyl sites for hydroxylation is 2. The summed E-state index contributed by atoms with van der Waals surface area (Å²) in [6, 6.07) is 10.2. The van der Waals surface area contributed by atoms with Crippen LogP contribution in [-0.2, 0) is 13.5 Å². The lowest BCUT2D eigenvalue weighted by molar-refractivity contribution is 0.670. The van der Waals surface area contributed by atoms with E-state index in [1.54, 1.807) is 0 Å². The van der Waals surface area contributed by atoms with Gasteiger partial charge in [0.1, 0.15) is 5.82 Å². The van der Waals surface area contributed by atoms with E-state index in [9.17, 15) is 0 Å². The highest BCUT2D eigenvalue weighted by molar-refractivity contribution is 6.20. The molecule has 2 rings (SSSR count). The number of hydrogen-bond acceptors (Lipinski definition) is 1. The fraction of sp³-hybridized carbons (Fsp3) is 0.357. The molecule has 0 amide bonds. The van der Waals surface area contributed by atoms with E-state index < -0.39 is 0 Å². The van der Waals surface area contributed by atoms with Gasteiger partial charge >= 0.3 is 0 Å². The summed E-state index contributed by atoms with van der Waals surface area (Å²) < 4.78 is 2.06. The second-order valence-corrected chi connectivity index (χ2v) is 4.75. The molecule has 0 aliphatic heterocycles. The van der Waals surface area contributed by atoms with Crippen molar-refractivity contribution in [1.29, 1.82) is 0 Å². The van der Waals surface area contributed by atoms with Gasteiger partial charge in [-0.25, -0.2) is 4.98 Å². The first-order valence-corrected chi connectivity index (χ1v) is 6.36. The molecule has 0 saturated heterocycles. The zero-order valence-electron chi connectivity index (χ0n) is 10.0. The third kappa shape index (κ3) is 3.34. The van der Waals surface area contributed by atoms with Crippen molar-refractivity contribution in [2.45, 2.75) is 24.6 Å². The molecule has 1 unspecified atom stereocenters. The number of halogens is 1. The minimum atomic E-state index is 0.108. The van der Waals surface area contributed by atoms with Gasteiger partial charge in [0, 0.05) is 25.9 Å². The summed E-state index contributed by atoms with van der Waals surface area (Å²) in [6.45, 7) is 0. The molecule has 2 nitrogen and oxygen atoms in total. The lowest BCUT2D eigenvalue weighted by Crippen LogP contribution is -1.98. The van der Waals surface area contributed by atoms with Crippen LogP contribution >= 0.6 is 11.6 Å². The van der Waals surface area contributed by atoms with Crippen LogP contribution in [0.5, 0.6) is 0 Å². The molecule has 1 heterocycles. The van der Waals surface area contributed by atoms with Gasteiger partial charge in [0.25, 0.3) is 0 Å². The van der Waals surface area contributed by atoms with E-state index in [4.69, 9.17) is 11.6 Å². The maximum Gasteiger partial charge on any atom is 0.108 e. The first-order valence-electron chi connectivity index (χ1n) is 5.92. The summed E-state index contributed by atoms with van der Waals surface area (Å²) in [5, 5.41) is 0.108. The van der Waals surface area contributed by atoms with Gasteiger partial charge in [0.2, 0.25) is 0 Å². The summed E-state index contributed by atoms with van der Waals surface area (Å²) in [7, 11) is 2.03. The molecule has 0 aliphatic rings. The first-order chi connectivity index (χ1) is 8.27. The molecular formula is C14H17ClN2. The predicted octanol–water partition coefficient (Wildman–Crippen LogP) is 3.72. The third-order valence-electron chi connectivity index (χ3n) is 2.94. The highest BCUT2D eigenvalue weighted by Gasteiger charge is 2.07. The SMILES string of the molecule is Cn1ccnc1CCCC(Cl)c1ccccc1. The Labute approximate surface area is 107 Å². The van der Waals surface area contributed by atoms with Crippen LogP contribution < -0.4 is 0 Å². The summed E-state index contributed by atoms with van der Waals surface area (Å²) in [5.74, 6) is 1.13. The van der Waals surface area contributed by atoms with Gasteiger partial charge in [-0.1, -0.05) is 30.3 Å². The monoisotopic (exact) mass is 248 g/mol. The van der Waals surface area contributed by atoms with Gasteiger partial charge in [-0.15, -0.1) is 11.6 Å². The Bertz CT molecular complexity index is 450. The molecule has 2 aromatic rings. The average molecular weight is 249 g/mol. The van der Waals surface area contributed by atoms with Crippen molar-refractivity contribution in [3.8, 4) is 0 Å². The topological polar surface area (TPSA) is 17.8 Å². The van der Waals surface area contributed by atoms with Crippen LogP contribution in [-0.4, -0.2) is 9.55 Å². The Kier molecular flexibility index (Phi) is 4.21. The molecule has 0 N–H and O–H groups in total. The molecule has 90 valence electrons. The highest BCUT2D eigenvalue weighted by Crippen LogP contribution is 2.25. The van der Waals surface area contributed by atoms with Crippen molar-refractivity contribution < 1.29 is 0 Å². The zero-order chi connectivity index (χ0) is 12.1. The number of benzene rings is 1. The third-order valence-corrected chi connectivity index (χ3v) is 3.41. The summed E-state index contributed by atoms with van der Waals surface area (Å²) in [6.07, 6.45) is 6.85. The molecule has 0 spiro atoms. The fourth-order valence-corrected chi connectivity index (χ4v) is 2.21. The Morgan fingerprint density at radius 3 is 2.71 bits per heavy atom. The molecule has 3 heteroatoms. The van der Waals surface area contributed by atoms with Crippen LogP contribution in [0.2, 0.25) is 0 Å². The summed E-state index contributed by atoms with van der Waals surface area (Å²) >= 11 is 6.36. The molecule has 0 bridgehead atoms. The lowest BCUT2D eigenvalue weighted by atomic mass is 10.1. The number of rotatable bonds is 5. The van der Waals surface area contributed by atoms with Crippen LogP contribution in [0.15, 0.2) is 42.7 Å². The Morgan fingerprint density at radius 2 is 2.06 bits per heavy atom. The molecule has 0 aliphatic carbocycles. The van der Waals surface area contributed by atoms with E-state index >= 15 is 0 Å². The molecule has 17 heavy (non-hydrogen) atoms. The van der Waals surface area contributed by atoms with Crippen LogP contribution in [0.25, 0.3) is 0 Å². The lowest BCUT2D eigenvalue weighted by Gasteiger charge is -2.09. The Morgan fingerprint density at radius 1 is 1.29 bits per heavy atom. The molecular weight excluding hydrogens is 232 g/mol. The minimum absolute atomic E-state index is 0.108. The van der Waals surface area contributed by atoms with Gasteiger partial charge in [-0.2, -0.15) is 0 Å². The zero-order valence-corrected chi connectivity index (χ0v) is 10.8.